The molecule has 1 atom stereocenters. The largest absolute Gasteiger partial charge is 0.484 e. The first kappa shape index (κ1) is 23.1. The number of nitrogens with one attached hydrogen (secondary N) is 1. The van der Waals surface area contributed by atoms with E-state index in [4.69, 9.17) is 16.3 Å². The molecule has 6 heteroatoms. The van der Waals surface area contributed by atoms with Gasteiger partial charge in [-0.1, -0.05) is 61.7 Å². The Morgan fingerprint density at radius 1 is 1.10 bits per heavy atom. The molecule has 1 N–H and O–H groups in total. The molecule has 2 aromatic rings. The van der Waals surface area contributed by atoms with Gasteiger partial charge in [-0.3, -0.25) is 9.59 Å². The van der Waals surface area contributed by atoms with Crippen LogP contribution in [-0.4, -0.2) is 41.9 Å². The summed E-state index contributed by atoms with van der Waals surface area (Å²) in [6.45, 7) is 2.29. The molecule has 0 bridgehead atoms. The monoisotopic (exact) mass is 442 g/mol. The molecule has 0 aromatic heterocycles. The standard InChI is InChI=1S/C25H31ClN2O3/c1-2-23(25(30)27-21-10-6-7-11-21)28(17-16-19-8-4-3-5-9-19)24(29)18-31-22-14-12-20(26)13-15-22/h3-5,8-9,12-15,21,23H,2,6-7,10-11,16-18H2,1H3,(H,27,30)/t23-/m1/s1. The van der Waals surface area contributed by atoms with Crippen molar-refractivity contribution in [3.63, 3.8) is 0 Å². The summed E-state index contributed by atoms with van der Waals surface area (Å²) in [5, 5.41) is 3.76. The van der Waals surface area contributed by atoms with Gasteiger partial charge in [-0.15, -0.1) is 0 Å². The molecule has 2 amide bonds. The number of rotatable bonds is 10. The lowest BCUT2D eigenvalue weighted by Gasteiger charge is -2.31. The third-order valence-electron chi connectivity index (χ3n) is 5.75. The smallest absolute Gasteiger partial charge is 0.261 e. The molecular weight excluding hydrogens is 412 g/mol. The average molecular weight is 443 g/mol. The Labute approximate surface area is 189 Å². The predicted molar refractivity (Wildman–Crippen MR) is 123 cm³/mol. The van der Waals surface area contributed by atoms with Crippen molar-refractivity contribution in [2.45, 2.75) is 57.5 Å². The fourth-order valence-electron chi connectivity index (χ4n) is 4.02. The molecule has 5 nitrogen and oxygen atoms in total. The van der Waals surface area contributed by atoms with Crippen LogP contribution < -0.4 is 10.1 Å². The van der Waals surface area contributed by atoms with Crippen LogP contribution in [0.1, 0.15) is 44.6 Å². The quantitative estimate of drug-likeness (QED) is 0.583. The highest BCUT2D eigenvalue weighted by atomic mass is 35.5. The molecule has 0 spiro atoms. The van der Waals surface area contributed by atoms with E-state index in [9.17, 15) is 9.59 Å². The minimum atomic E-state index is -0.509. The maximum Gasteiger partial charge on any atom is 0.261 e. The molecule has 0 aliphatic heterocycles. The fraction of sp³-hybridized carbons (Fsp3) is 0.440. The number of hydrogen-bond donors (Lipinski definition) is 1. The zero-order valence-corrected chi connectivity index (χ0v) is 18.8. The number of hydrogen-bond acceptors (Lipinski definition) is 3. The molecule has 0 radical (unpaired) electrons. The Morgan fingerprint density at radius 2 is 1.77 bits per heavy atom. The number of carbonyl (C=O) groups is 2. The number of halogens is 1. The van der Waals surface area contributed by atoms with E-state index in [0.29, 0.717) is 30.2 Å². The zero-order valence-electron chi connectivity index (χ0n) is 18.1. The molecule has 3 rings (SSSR count). The van der Waals surface area contributed by atoms with Crippen LogP contribution in [0.2, 0.25) is 5.02 Å². The second-order valence-electron chi connectivity index (χ2n) is 7.98. The van der Waals surface area contributed by atoms with Crippen molar-refractivity contribution in [1.82, 2.24) is 10.2 Å². The van der Waals surface area contributed by atoms with Gasteiger partial charge in [-0.05, 0) is 55.5 Å². The summed E-state index contributed by atoms with van der Waals surface area (Å²) >= 11 is 5.91. The lowest BCUT2D eigenvalue weighted by molar-refractivity contribution is -0.142. The summed E-state index contributed by atoms with van der Waals surface area (Å²) in [5.41, 5.74) is 1.13. The number of nitrogens with zero attached hydrogens (tertiary/aromatic N) is 1. The van der Waals surface area contributed by atoms with E-state index in [1.54, 1.807) is 29.2 Å². The highest BCUT2D eigenvalue weighted by molar-refractivity contribution is 6.30. The van der Waals surface area contributed by atoms with Crippen LogP contribution in [0.3, 0.4) is 0 Å². The van der Waals surface area contributed by atoms with E-state index in [2.05, 4.69) is 5.32 Å². The van der Waals surface area contributed by atoms with Gasteiger partial charge in [-0.2, -0.15) is 0 Å². The molecule has 0 saturated heterocycles. The Balaban J connectivity index is 1.68. The van der Waals surface area contributed by atoms with Crippen LogP contribution in [0.4, 0.5) is 0 Å². The molecule has 2 aromatic carbocycles. The number of ether oxygens (including phenoxy) is 1. The minimum absolute atomic E-state index is 0.0673. The van der Waals surface area contributed by atoms with Gasteiger partial charge in [0.25, 0.3) is 5.91 Å². The lowest BCUT2D eigenvalue weighted by Crippen LogP contribution is -2.52. The Bertz CT molecular complexity index is 836. The third kappa shape index (κ3) is 7.00. The van der Waals surface area contributed by atoms with Crippen molar-refractivity contribution in [2.75, 3.05) is 13.2 Å². The van der Waals surface area contributed by atoms with Gasteiger partial charge in [0.2, 0.25) is 5.91 Å². The van der Waals surface area contributed by atoms with Gasteiger partial charge in [0.05, 0.1) is 0 Å². The first-order valence-electron chi connectivity index (χ1n) is 11.1. The van der Waals surface area contributed by atoms with Gasteiger partial charge >= 0.3 is 0 Å². The maximum atomic E-state index is 13.1. The van der Waals surface area contributed by atoms with Crippen LogP contribution in [0.15, 0.2) is 54.6 Å². The fourth-order valence-corrected chi connectivity index (χ4v) is 4.15. The van der Waals surface area contributed by atoms with E-state index in [0.717, 1.165) is 31.2 Å². The van der Waals surface area contributed by atoms with Crippen LogP contribution in [-0.2, 0) is 16.0 Å². The Kier molecular flexibility index (Phi) is 8.77. The van der Waals surface area contributed by atoms with Crippen molar-refractivity contribution in [1.29, 1.82) is 0 Å². The van der Waals surface area contributed by atoms with Crippen molar-refractivity contribution in [3.8, 4) is 5.75 Å². The van der Waals surface area contributed by atoms with E-state index < -0.39 is 6.04 Å². The second-order valence-corrected chi connectivity index (χ2v) is 8.42. The molecular formula is C25H31ClN2O3. The first-order valence-corrected chi connectivity index (χ1v) is 11.5. The van der Waals surface area contributed by atoms with Crippen molar-refractivity contribution < 1.29 is 14.3 Å². The second kappa shape index (κ2) is 11.8. The lowest BCUT2D eigenvalue weighted by atomic mass is 10.1. The molecule has 166 valence electrons. The number of amides is 2. The molecule has 1 aliphatic rings. The highest BCUT2D eigenvalue weighted by Gasteiger charge is 2.30. The average Bonchev–Trinajstić information content (AvgIpc) is 3.29. The van der Waals surface area contributed by atoms with Crippen molar-refractivity contribution in [2.24, 2.45) is 0 Å². The normalized spacial score (nSPS) is 14.8. The molecule has 1 saturated carbocycles. The summed E-state index contributed by atoms with van der Waals surface area (Å²) in [7, 11) is 0. The van der Waals surface area contributed by atoms with Gasteiger partial charge in [-0.25, -0.2) is 0 Å². The SMILES string of the molecule is CC[C@H](C(=O)NC1CCCC1)N(CCc1ccccc1)C(=O)COc1ccc(Cl)cc1. The maximum absolute atomic E-state index is 13.1. The van der Waals surface area contributed by atoms with E-state index in [1.807, 2.05) is 37.3 Å². The molecule has 31 heavy (non-hydrogen) atoms. The van der Waals surface area contributed by atoms with Crippen LogP contribution >= 0.6 is 11.6 Å². The summed E-state index contributed by atoms with van der Waals surface area (Å²) in [6, 6.07) is 16.6. The number of benzene rings is 2. The van der Waals surface area contributed by atoms with E-state index in [-0.39, 0.29) is 24.5 Å². The summed E-state index contributed by atoms with van der Waals surface area (Å²) in [6.07, 6.45) is 5.56. The van der Waals surface area contributed by atoms with Crippen molar-refractivity contribution >= 4 is 23.4 Å². The molecule has 1 aliphatic carbocycles. The summed E-state index contributed by atoms with van der Waals surface area (Å²) < 4.78 is 5.68. The van der Waals surface area contributed by atoms with E-state index >= 15 is 0 Å². The highest BCUT2D eigenvalue weighted by Crippen LogP contribution is 2.19. The van der Waals surface area contributed by atoms with Crippen LogP contribution in [0.25, 0.3) is 0 Å². The van der Waals surface area contributed by atoms with Gasteiger partial charge in [0.15, 0.2) is 6.61 Å². The topological polar surface area (TPSA) is 58.6 Å². The number of carbonyl (C=O) groups excluding carboxylic acids is 2. The van der Waals surface area contributed by atoms with E-state index in [1.165, 1.54) is 0 Å². The first-order chi connectivity index (χ1) is 15.1. The molecule has 1 fully saturated rings. The molecule has 0 unspecified atom stereocenters. The predicted octanol–water partition coefficient (Wildman–Crippen LogP) is 4.63. The minimum Gasteiger partial charge on any atom is -0.484 e. The van der Waals surface area contributed by atoms with Gasteiger partial charge < -0.3 is 15.0 Å². The van der Waals surface area contributed by atoms with Crippen LogP contribution in [0.5, 0.6) is 5.75 Å². The summed E-state index contributed by atoms with van der Waals surface area (Å²) in [5.74, 6) is 0.311. The van der Waals surface area contributed by atoms with Gasteiger partial charge in [0.1, 0.15) is 11.8 Å². The summed E-state index contributed by atoms with van der Waals surface area (Å²) in [4.78, 5) is 27.9. The van der Waals surface area contributed by atoms with Gasteiger partial charge in [0, 0.05) is 17.6 Å². The molecule has 0 heterocycles. The third-order valence-corrected chi connectivity index (χ3v) is 6.00. The Morgan fingerprint density at radius 3 is 2.42 bits per heavy atom. The zero-order chi connectivity index (χ0) is 22.1. The van der Waals surface area contributed by atoms with Crippen molar-refractivity contribution in [3.05, 3.63) is 65.2 Å². The van der Waals surface area contributed by atoms with Crippen LogP contribution in [0, 0.1) is 0 Å². The Hall–Kier alpha value is -2.53.